The monoisotopic (exact) mass is 205 g/mol. The maximum Gasteiger partial charge on any atom is 0.216 e. The third-order valence-corrected chi connectivity index (χ3v) is 2.24. The third-order valence-electron chi connectivity index (χ3n) is 2.24. The molecule has 0 aliphatic carbocycles. The van der Waals surface area contributed by atoms with Crippen LogP contribution in [0, 0.1) is 5.95 Å². The molecule has 1 heterocycles. The molecule has 2 aromatic rings. The Hall–Kier alpha value is -1.68. The predicted octanol–water partition coefficient (Wildman–Crippen LogP) is 1.53. The van der Waals surface area contributed by atoms with E-state index in [9.17, 15) is 4.39 Å². The molecule has 0 atom stereocenters. The second kappa shape index (κ2) is 4.23. The maximum absolute atomic E-state index is 13.5. The van der Waals surface area contributed by atoms with E-state index in [2.05, 4.69) is 5.10 Å². The van der Waals surface area contributed by atoms with E-state index in [0.717, 1.165) is 5.56 Å². The molecule has 78 valence electrons. The zero-order chi connectivity index (χ0) is 10.7. The van der Waals surface area contributed by atoms with Gasteiger partial charge in [0.15, 0.2) is 0 Å². The number of nitrogens with zero attached hydrogens (tertiary/aromatic N) is 2. The molecule has 0 bridgehead atoms. The summed E-state index contributed by atoms with van der Waals surface area (Å²) in [6.45, 7) is 0.618. The second-order valence-corrected chi connectivity index (χ2v) is 3.31. The molecule has 2 rings (SSSR count). The third kappa shape index (κ3) is 2.05. The van der Waals surface area contributed by atoms with Crippen molar-refractivity contribution in [3.05, 3.63) is 53.6 Å². The van der Waals surface area contributed by atoms with E-state index in [4.69, 9.17) is 5.73 Å². The Balaban J connectivity index is 2.21. The highest BCUT2D eigenvalue weighted by molar-refractivity contribution is 5.16. The lowest BCUT2D eigenvalue weighted by Crippen LogP contribution is -2.06. The molecule has 4 heteroatoms. The molecule has 0 aliphatic heterocycles. The highest BCUT2D eigenvalue weighted by Gasteiger charge is 2.08. The zero-order valence-electron chi connectivity index (χ0n) is 8.23. The topological polar surface area (TPSA) is 43.8 Å². The van der Waals surface area contributed by atoms with Crippen LogP contribution >= 0.6 is 0 Å². The van der Waals surface area contributed by atoms with E-state index in [1.165, 1.54) is 10.9 Å². The Morgan fingerprint density at radius 3 is 2.60 bits per heavy atom. The highest BCUT2D eigenvalue weighted by Crippen LogP contribution is 2.08. The van der Waals surface area contributed by atoms with Gasteiger partial charge in [-0.2, -0.15) is 9.49 Å². The molecule has 0 fully saturated rings. The first kappa shape index (κ1) is 9.86. The maximum atomic E-state index is 13.5. The van der Waals surface area contributed by atoms with Crippen LogP contribution in [0.3, 0.4) is 0 Å². The van der Waals surface area contributed by atoms with Crippen LogP contribution < -0.4 is 5.73 Å². The average Bonchev–Trinajstić information content (AvgIpc) is 2.62. The summed E-state index contributed by atoms with van der Waals surface area (Å²) in [4.78, 5) is 0. The van der Waals surface area contributed by atoms with Gasteiger partial charge in [0, 0.05) is 12.1 Å². The van der Waals surface area contributed by atoms with E-state index >= 15 is 0 Å². The molecule has 1 aromatic carbocycles. The lowest BCUT2D eigenvalue weighted by atomic mass is 10.2. The summed E-state index contributed by atoms with van der Waals surface area (Å²) in [7, 11) is 0. The minimum atomic E-state index is -0.346. The molecule has 15 heavy (non-hydrogen) atoms. The molecule has 0 aliphatic rings. The number of aromatic nitrogens is 2. The Bertz CT molecular complexity index is 436. The molecule has 0 radical (unpaired) electrons. The minimum absolute atomic E-state index is 0.181. The number of benzene rings is 1. The van der Waals surface area contributed by atoms with Gasteiger partial charge in [-0.25, -0.2) is 4.68 Å². The number of hydrogen-bond donors (Lipinski definition) is 1. The fraction of sp³-hybridized carbons (Fsp3) is 0.182. The standard InChI is InChI=1S/C11H12FN3/c12-11-10(6-13)7-14-15(11)8-9-4-2-1-3-5-9/h1-5,7H,6,8,13H2. The molecule has 0 unspecified atom stereocenters. The first-order valence-electron chi connectivity index (χ1n) is 4.75. The van der Waals surface area contributed by atoms with Crippen LogP contribution in [-0.4, -0.2) is 9.78 Å². The quantitative estimate of drug-likeness (QED) is 0.825. The van der Waals surface area contributed by atoms with Crippen molar-refractivity contribution in [2.75, 3.05) is 0 Å². The van der Waals surface area contributed by atoms with E-state index in [-0.39, 0.29) is 12.5 Å². The fourth-order valence-corrected chi connectivity index (χ4v) is 1.41. The van der Waals surface area contributed by atoms with Gasteiger partial charge in [0.05, 0.1) is 12.7 Å². The van der Waals surface area contributed by atoms with Gasteiger partial charge >= 0.3 is 0 Å². The Morgan fingerprint density at radius 1 is 1.27 bits per heavy atom. The van der Waals surface area contributed by atoms with Crippen molar-refractivity contribution in [3.63, 3.8) is 0 Å². The molecule has 0 amide bonds. The number of halogens is 1. The van der Waals surface area contributed by atoms with Crippen LogP contribution in [0.25, 0.3) is 0 Å². The normalized spacial score (nSPS) is 10.5. The van der Waals surface area contributed by atoms with Gasteiger partial charge in [-0.15, -0.1) is 0 Å². The van der Waals surface area contributed by atoms with Crippen molar-refractivity contribution in [2.24, 2.45) is 5.73 Å². The average molecular weight is 205 g/mol. The molecule has 0 spiro atoms. The van der Waals surface area contributed by atoms with Crippen molar-refractivity contribution in [2.45, 2.75) is 13.1 Å². The van der Waals surface area contributed by atoms with Crippen molar-refractivity contribution >= 4 is 0 Å². The lowest BCUT2D eigenvalue weighted by molar-refractivity contribution is 0.473. The molecular weight excluding hydrogens is 193 g/mol. The summed E-state index contributed by atoms with van der Waals surface area (Å²) < 4.78 is 14.9. The molecule has 0 saturated carbocycles. The number of hydrogen-bond acceptors (Lipinski definition) is 2. The molecule has 0 saturated heterocycles. The molecule has 3 nitrogen and oxygen atoms in total. The van der Waals surface area contributed by atoms with E-state index < -0.39 is 0 Å². The lowest BCUT2D eigenvalue weighted by Gasteiger charge is -2.02. The Labute approximate surface area is 87.3 Å². The summed E-state index contributed by atoms with van der Waals surface area (Å²) in [6, 6.07) is 9.63. The van der Waals surface area contributed by atoms with Crippen molar-refractivity contribution in [1.82, 2.24) is 9.78 Å². The van der Waals surface area contributed by atoms with Crippen LogP contribution in [0.2, 0.25) is 0 Å². The Morgan fingerprint density at radius 2 is 2.00 bits per heavy atom. The van der Waals surface area contributed by atoms with E-state index in [0.29, 0.717) is 12.1 Å². The molecular formula is C11H12FN3. The molecule has 1 aromatic heterocycles. The largest absolute Gasteiger partial charge is 0.326 e. The van der Waals surface area contributed by atoms with Crippen LogP contribution in [0.15, 0.2) is 36.5 Å². The predicted molar refractivity (Wildman–Crippen MR) is 55.6 cm³/mol. The van der Waals surface area contributed by atoms with Crippen LogP contribution in [-0.2, 0) is 13.1 Å². The first-order valence-corrected chi connectivity index (χ1v) is 4.75. The molecule has 2 N–H and O–H groups in total. The summed E-state index contributed by atoms with van der Waals surface area (Å²) in [5.74, 6) is -0.346. The van der Waals surface area contributed by atoms with Gasteiger partial charge in [0.1, 0.15) is 0 Å². The number of nitrogens with two attached hydrogens (primary N) is 1. The summed E-state index contributed by atoms with van der Waals surface area (Å²) >= 11 is 0. The van der Waals surface area contributed by atoms with Crippen LogP contribution in [0.1, 0.15) is 11.1 Å². The van der Waals surface area contributed by atoms with E-state index in [1.807, 2.05) is 30.3 Å². The van der Waals surface area contributed by atoms with Gasteiger partial charge in [-0.1, -0.05) is 30.3 Å². The second-order valence-electron chi connectivity index (χ2n) is 3.31. The zero-order valence-corrected chi connectivity index (χ0v) is 8.23. The summed E-state index contributed by atoms with van der Waals surface area (Å²) in [5.41, 5.74) is 6.83. The van der Waals surface area contributed by atoms with Crippen molar-refractivity contribution < 1.29 is 4.39 Å². The van der Waals surface area contributed by atoms with Gasteiger partial charge in [-0.3, -0.25) is 0 Å². The van der Waals surface area contributed by atoms with E-state index in [1.54, 1.807) is 0 Å². The number of rotatable bonds is 3. The fourth-order valence-electron chi connectivity index (χ4n) is 1.41. The van der Waals surface area contributed by atoms with Crippen LogP contribution in [0.5, 0.6) is 0 Å². The van der Waals surface area contributed by atoms with Gasteiger partial charge in [0.25, 0.3) is 0 Å². The smallest absolute Gasteiger partial charge is 0.216 e. The van der Waals surface area contributed by atoms with Gasteiger partial charge < -0.3 is 5.73 Å². The van der Waals surface area contributed by atoms with Crippen LogP contribution in [0.4, 0.5) is 4.39 Å². The minimum Gasteiger partial charge on any atom is -0.326 e. The van der Waals surface area contributed by atoms with Gasteiger partial charge in [-0.05, 0) is 5.56 Å². The SMILES string of the molecule is NCc1cnn(Cc2ccccc2)c1F. The Kier molecular flexibility index (Phi) is 2.78. The van der Waals surface area contributed by atoms with Crippen molar-refractivity contribution in [1.29, 1.82) is 0 Å². The highest BCUT2D eigenvalue weighted by atomic mass is 19.1. The summed E-state index contributed by atoms with van der Waals surface area (Å²) in [5, 5.41) is 3.94. The van der Waals surface area contributed by atoms with Crippen molar-refractivity contribution in [3.8, 4) is 0 Å². The summed E-state index contributed by atoms with van der Waals surface area (Å²) in [6.07, 6.45) is 1.47. The van der Waals surface area contributed by atoms with Gasteiger partial charge in [0.2, 0.25) is 5.95 Å². The first-order chi connectivity index (χ1) is 7.31.